The van der Waals surface area contributed by atoms with Gasteiger partial charge in [-0.2, -0.15) is 0 Å². The third-order valence-corrected chi connectivity index (χ3v) is 7.14. The summed E-state index contributed by atoms with van der Waals surface area (Å²) in [6.45, 7) is 15.2. The van der Waals surface area contributed by atoms with Crippen LogP contribution < -0.4 is 0 Å². The fourth-order valence-electron chi connectivity index (χ4n) is 5.30. The summed E-state index contributed by atoms with van der Waals surface area (Å²) in [5, 5.41) is 20.9. The van der Waals surface area contributed by atoms with E-state index in [1.54, 1.807) is 0 Å². The molecule has 0 bridgehead atoms. The van der Waals surface area contributed by atoms with E-state index in [1.165, 1.54) is 5.57 Å². The molecule has 0 aromatic carbocycles. The molecule has 0 aromatic heterocycles. The lowest BCUT2D eigenvalue weighted by atomic mass is 9.89. The second-order valence-corrected chi connectivity index (χ2v) is 10.1. The normalized spacial score (nSPS) is 29.2. The van der Waals surface area contributed by atoms with E-state index in [0.717, 1.165) is 32.4 Å². The number of hydrogen-bond donors (Lipinski definition) is 2. The van der Waals surface area contributed by atoms with Gasteiger partial charge in [-0.15, -0.1) is 11.8 Å². The third-order valence-electron chi connectivity index (χ3n) is 7.14. The first kappa shape index (κ1) is 26.1. The van der Waals surface area contributed by atoms with Gasteiger partial charge in [0.1, 0.15) is 0 Å². The summed E-state index contributed by atoms with van der Waals surface area (Å²) in [5.41, 5.74) is 1.47. The van der Waals surface area contributed by atoms with Crippen molar-refractivity contribution in [1.29, 1.82) is 0 Å². The number of aliphatic hydroxyl groups excluding tert-OH is 2. The molecule has 0 spiro atoms. The van der Waals surface area contributed by atoms with Crippen molar-refractivity contribution >= 4 is 0 Å². The van der Waals surface area contributed by atoms with Crippen molar-refractivity contribution in [1.82, 2.24) is 4.90 Å². The number of nitrogens with zero attached hydrogens (tertiary/aromatic N) is 1. The Hall–Kier alpha value is -1.12. The zero-order valence-corrected chi connectivity index (χ0v) is 20.6. The average molecular weight is 432 g/mol. The molecule has 2 fully saturated rings. The van der Waals surface area contributed by atoms with Gasteiger partial charge in [0.25, 0.3) is 0 Å². The Morgan fingerprint density at radius 1 is 1.16 bits per heavy atom. The van der Waals surface area contributed by atoms with Crippen LogP contribution in [0.15, 0.2) is 23.8 Å². The SMILES string of the molecule is CC#CC[C@@H](C)[C@H](O)/C=C/[C@@H]1[C@H]2C/C(=C/COCCN(C(C)C)C(C)C)C[C@H]2C[C@H]1O. The van der Waals surface area contributed by atoms with E-state index in [0.29, 0.717) is 36.9 Å². The third kappa shape index (κ3) is 7.75. The second kappa shape index (κ2) is 12.8. The maximum Gasteiger partial charge on any atom is 0.0755 e. The van der Waals surface area contributed by atoms with Crippen molar-refractivity contribution in [2.45, 2.75) is 91.5 Å². The molecule has 2 aliphatic carbocycles. The van der Waals surface area contributed by atoms with E-state index >= 15 is 0 Å². The van der Waals surface area contributed by atoms with Gasteiger partial charge in [0.15, 0.2) is 0 Å². The highest BCUT2D eigenvalue weighted by molar-refractivity contribution is 5.18. The minimum Gasteiger partial charge on any atom is -0.392 e. The zero-order valence-electron chi connectivity index (χ0n) is 20.6. The van der Waals surface area contributed by atoms with Gasteiger partial charge < -0.3 is 14.9 Å². The van der Waals surface area contributed by atoms with E-state index in [1.807, 2.05) is 19.9 Å². The molecule has 2 rings (SSSR count). The second-order valence-electron chi connectivity index (χ2n) is 10.1. The summed E-state index contributed by atoms with van der Waals surface area (Å²) >= 11 is 0. The van der Waals surface area contributed by atoms with E-state index < -0.39 is 6.10 Å². The summed E-state index contributed by atoms with van der Waals surface area (Å²) in [6, 6.07) is 1.07. The maximum atomic E-state index is 10.6. The van der Waals surface area contributed by atoms with Gasteiger partial charge in [-0.3, -0.25) is 4.90 Å². The molecule has 0 heterocycles. The van der Waals surface area contributed by atoms with Crippen LogP contribution in [0.3, 0.4) is 0 Å². The van der Waals surface area contributed by atoms with Crippen LogP contribution in [-0.4, -0.2) is 59.2 Å². The van der Waals surface area contributed by atoms with Gasteiger partial charge in [0.2, 0.25) is 0 Å². The van der Waals surface area contributed by atoms with Crippen molar-refractivity contribution in [3.05, 3.63) is 23.8 Å². The Kier molecular flexibility index (Phi) is 10.8. The zero-order chi connectivity index (χ0) is 23.0. The molecule has 0 radical (unpaired) electrons. The molecule has 2 N–H and O–H groups in total. The number of rotatable bonds is 11. The minimum absolute atomic E-state index is 0.108. The molecule has 0 saturated heterocycles. The van der Waals surface area contributed by atoms with Crippen LogP contribution in [0.2, 0.25) is 0 Å². The molecule has 0 amide bonds. The molecule has 0 unspecified atom stereocenters. The molecule has 0 aromatic rings. The minimum atomic E-state index is -0.506. The van der Waals surface area contributed by atoms with E-state index in [2.05, 4.69) is 56.6 Å². The summed E-state index contributed by atoms with van der Waals surface area (Å²) in [7, 11) is 0. The smallest absolute Gasteiger partial charge is 0.0755 e. The van der Waals surface area contributed by atoms with E-state index in [9.17, 15) is 10.2 Å². The molecule has 6 atom stereocenters. The molecule has 2 aliphatic rings. The van der Waals surface area contributed by atoms with Crippen LogP contribution in [-0.2, 0) is 4.74 Å². The summed E-state index contributed by atoms with van der Waals surface area (Å²) < 4.78 is 5.91. The summed E-state index contributed by atoms with van der Waals surface area (Å²) in [4.78, 5) is 2.45. The van der Waals surface area contributed by atoms with Crippen LogP contribution in [0.1, 0.15) is 67.2 Å². The lowest BCUT2D eigenvalue weighted by molar-refractivity contribution is 0.0919. The van der Waals surface area contributed by atoms with Crippen molar-refractivity contribution < 1.29 is 14.9 Å². The molecule has 0 aliphatic heterocycles. The van der Waals surface area contributed by atoms with Gasteiger partial charge in [-0.25, -0.2) is 0 Å². The molecular weight excluding hydrogens is 386 g/mol. The fourth-order valence-corrected chi connectivity index (χ4v) is 5.30. The van der Waals surface area contributed by atoms with E-state index in [4.69, 9.17) is 4.74 Å². The molecule has 176 valence electrons. The largest absolute Gasteiger partial charge is 0.392 e. The van der Waals surface area contributed by atoms with Crippen LogP contribution in [0, 0.1) is 35.5 Å². The van der Waals surface area contributed by atoms with Gasteiger partial charge in [0.05, 0.1) is 25.4 Å². The highest BCUT2D eigenvalue weighted by Crippen LogP contribution is 2.50. The first-order valence-corrected chi connectivity index (χ1v) is 12.2. The lowest BCUT2D eigenvalue weighted by Crippen LogP contribution is -2.39. The summed E-state index contributed by atoms with van der Waals surface area (Å²) in [6.07, 6.45) is 9.10. The molecule has 2 saturated carbocycles. The van der Waals surface area contributed by atoms with Gasteiger partial charge >= 0.3 is 0 Å². The average Bonchev–Trinajstić information content (AvgIpc) is 3.22. The van der Waals surface area contributed by atoms with Crippen molar-refractivity contribution in [3.8, 4) is 11.8 Å². The quantitative estimate of drug-likeness (QED) is 0.289. The number of hydrogen-bond acceptors (Lipinski definition) is 4. The standard InChI is InChI=1S/C27H45NO3/c1-7-8-9-21(6)26(29)11-10-24-25-17-22(16-23(25)18-27(24)30)12-14-31-15-13-28(19(2)3)20(4)5/h10-12,19-21,23-27,29-30H,9,13-18H2,1-6H3/b11-10+,22-12+/t21-,23+,24-,25+,26-,27-/m1/s1. The molecule has 4 nitrogen and oxygen atoms in total. The van der Waals surface area contributed by atoms with Gasteiger partial charge in [0, 0.05) is 31.0 Å². The monoisotopic (exact) mass is 431 g/mol. The predicted octanol–water partition coefficient (Wildman–Crippen LogP) is 4.42. The highest BCUT2D eigenvalue weighted by Gasteiger charge is 2.45. The van der Waals surface area contributed by atoms with Crippen LogP contribution in [0.4, 0.5) is 0 Å². The lowest BCUT2D eigenvalue weighted by Gasteiger charge is -2.30. The fraction of sp³-hybridized carbons (Fsp3) is 0.778. The summed E-state index contributed by atoms with van der Waals surface area (Å²) in [5.74, 6) is 7.20. The number of ether oxygens (including phenoxy) is 1. The highest BCUT2D eigenvalue weighted by atomic mass is 16.5. The Morgan fingerprint density at radius 3 is 2.52 bits per heavy atom. The van der Waals surface area contributed by atoms with Crippen molar-refractivity contribution in [3.63, 3.8) is 0 Å². The van der Waals surface area contributed by atoms with Gasteiger partial charge in [-0.1, -0.05) is 30.7 Å². The van der Waals surface area contributed by atoms with Crippen LogP contribution in [0.5, 0.6) is 0 Å². The Labute approximate surface area is 190 Å². The first-order chi connectivity index (χ1) is 14.7. The van der Waals surface area contributed by atoms with Crippen molar-refractivity contribution in [2.75, 3.05) is 19.8 Å². The predicted molar refractivity (Wildman–Crippen MR) is 129 cm³/mol. The molecule has 31 heavy (non-hydrogen) atoms. The van der Waals surface area contributed by atoms with Crippen LogP contribution in [0.25, 0.3) is 0 Å². The Morgan fingerprint density at radius 2 is 1.87 bits per heavy atom. The molecular formula is C27H45NO3. The van der Waals surface area contributed by atoms with Gasteiger partial charge in [-0.05, 0) is 71.6 Å². The Balaban J connectivity index is 1.81. The number of allylic oxidation sites excluding steroid dienone is 1. The molecule has 4 heteroatoms. The Bertz CT molecular complexity index is 649. The first-order valence-electron chi connectivity index (χ1n) is 12.2. The van der Waals surface area contributed by atoms with Crippen molar-refractivity contribution in [2.24, 2.45) is 23.7 Å². The van der Waals surface area contributed by atoms with Crippen LogP contribution >= 0.6 is 0 Å². The topological polar surface area (TPSA) is 52.9 Å². The number of fused-ring (bicyclic) bond motifs is 1. The van der Waals surface area contributed by atoms with E-state index in [-0.39, 0.29) is 17.9 Å². The number of aliphatic hydroxyl groups is 2. The maximum absolute atomic E-state index is 10.6.